The van der Waals surface area contributed by atoms with Crippen LogP contribution in [-0.2, 0) is 12.8 Å². The highest BCUT2D eigenvalue weighted by atomic mass is 127. The Bertz CT molecular complexity index is 617. The average molecular weight is 473 g/mol. The number of guanidine groups is 1. The molecule has 0 unspecified atom stereocenters. The smallest absolute Gasteiger partial charge is 0.191 e. The lowest BCUT2D eigenvalue weighted by atomic mass is 10.1. The molecule has 0 saturated carbocycles. The van der Waals surface area contributed by atoms with E-state index < -0.39 is 0 Å². The van der Waals surface area contributed by atoms with E-state index in [4.69, 9.17) is 11.6 Å². The van der Waals surface area contributed by atoms with Crippen molar-refractivity contribution in [2.24, 2.45) is 4.99 Å². The molecule has 0 radical (unpaired) electrons. The van der Waals surface area contributed by atoms with Crippen molar-refractivity contribution >= 4 is 41.5 Å². The van der Waals surface area contributed by atoms with Crippen LogP contribution in [0.3, 0.4) is 0 Å². The summed E-state index contributed by atoms with van der Waals surface area (Å²) in [6, 6.07) is 14.3. The normalized spacial score (nSPS) is 10.9. The van der Waals surface area contributed by atoms with Crippen LogP contribution in [0.1, 0.15) is 24.5 Å². The molecule has 1 aromatic heterocycles. The predicted octanol–water partition coefficient (Wildman–Crippen LogP) is 4.08. The van der Waals surface area contributed by atoms with Crippen LogP contribution in [0.15, 0.2) is 53.7 Å². The summed E-state index contributed by atoms with van der Waals surface area (Å²) in [6.45, 7) is 4.55. The second-order valence-corrected chi connectivity index (χ2v) is 5.90. The quantitative estimate of drug-likeness (QED) is 0.200. The molecular formula is C19H26ClIN4. The van der Waals surface area contributed by atoms with E-state index in [2.05, 4.69) is 51.8 Å². The van der Waals surface area contributed by atoms with Gasteiger partial charge in [0.2, 0.25) is 0 Å². The third kappa shape index (κ3) is 9.07. The molecule has 6 heteroatoms. The van der Waals surface area contributed by atoms with Gasteiger partial charge in [0.15, 0.2) is 5.96 Å². The molecule has 25 heavy (non-hydrogen) atoms. The number of benzene rings is 1. The third-order valence-corrected chi connectivity index (χ3v) is 3.80. The highest BCUT2D eigenvalue weighted by Crippen LogP contribution is 2.05. The van der Waals surface area contributed by atoms with Crippen molar-refractivity contribution < 1.29 is 0 Å². The molecule has 1 heterocycles. The van der Waals surface area contributed by atoms with Crippen LogP contribution in [-0.4, -0.2) is 30.6 Å². The number of aromatic nitrogens is 1. The molecular weight excluding hydrogens is 447 g/mol. The molecule has 0 aliphatic heterocycles. The van der Waals surface area contributed by atoms with Gasteiger partial charge in [-0.2, -0.15) is 0 Å². The zero-order valence-electron chi connectivity index (χ0n) is 14.5. The average Bonchev–Trinajstić information content (AvgIpc) is 2.61. The van der Waals surface area contributed by atoms with Gasteiger partial charge in [-0.05, 0) is 43.4 Å². The summed E-state index contributed by atoms with van der Waals surface area (Å²) in [4.78, 5) is 8.73. The second-order valence-electron chi connectivity index (χ2n) is 5.52. The van der Waals surface area contributed by atoms with Gasteiger partial charge in [-0.1, -0.05) is 48.0 Å². The molecule has 4 nitrogen and oxygen atoms in total. The summed E-state index contributed by atoms with van der Waals surface area (Å²) >= 11 is 5.80. The number of halogens is 2. The first-order valence-corrected chi connectivity index (χ1v) is 8.82. The van der Waals surface area contributed by atoms with Crippen LogP contribution >= 0.6 is 35.6 Å². The molecule has 0 amide bonds. The molecule has 2 rings (SSSR count). The van der Waals surface area contributed by atoms with Crippen LogP contribution in [0, 0.1) is 0 Å². The number of aryl methyl sites for hydroxylation is 1. The largest absolute Gasteiger partial charge is 0.357 e. The van der Waals surface area contributed by atoms with E-state index in [-0.39, 0.29) is 24.0 Å². The minimum Gasteiger partial charge on any atom is -0.357 e. The van der Waals surface area contributed by atoms with E-state index in [0.29, 0.717) is 5.15 Å². The van der Waals surface area contributed by atoms with Crippen molar-refractivity contribution in [2.75, 3.05) is 19.6 Å². The molecule has 0 saturated heterocycles. The lowest BCUT2D eigenvalue weighted by Crippen LogP contribution is -2.38. The summed E-state index contributed by atoms with van der Waals surface area (Å²) < 4.78 is 0. The number of rotatable bonds is 8. The Morgan fingerprint density at radius 2 is 1.84 bits per heavy atom. The fourth-order valence-electron chi connectivity index (χ4n) is 2.34. The molecule has 0 spiro atoms. The summed E-state index contributed by atoms with van der Waals surface area (Å²) in [7, 11) is 0. The van der Waals surface area contributed by atoms with E-state index >= 15 is 0 Å². The van der Waals surface area contributed by atoms with E-state index in [1.165, 1.54) is 5.56 Å². The van der Waals surface area contributed by atoms with E-state index in [0.717, 1.165) is 50.4 Å². The van der Waals surface area contributed by atoms with Crippen molar-refractivity contribution in [3.63, 3.8) is 0 Å². The second kappa shape index (κ2) is 12.9. The summed E-state index contributed by atoms with van der Waals surface area (Å²) in [5, 5.41) is 7.17. The van der Waals surface area contributed by atoms with Gasteiger partial charge in [-0.3, -0.25) is 4.99 Å². The maximum absolute atomic E-state index is 5.80. The van der Waals surface area contributed by atoms with Crippen molar-refractivity contribution in [1.29, 1.82) is 0 Å². The van der Waals surface area contributed by atoms with Gasteiger partial charge >= 0.3 is 0 Å². The Kier molecular flexibility index (Phi) is 11.2. The topological polar surface area (TPSA) is 49.3 Å². The van der Waals surface area contributed by atoms with E-state index in [1.807, 2.05) is 24.4 Å². The first-order chi connectivity index (χ1) is 11.8. The molecule has 0 atom stereocenters. The summed E-state index contributed by atoms with van der Waals surface area (Å²) in [6.07, 6.45) is 4.80. The number of hydrogen-bond acceptors (Lipinski definition) is 2. The van der Waals surface area contributed by atoms with Gasteiger partial charge in [0, 0.05) is 25.8 Å². The van der Waals surface area contributed by atoms with Gasteiger partial charge in [0.25, 0.3) is 0 Å². The zero-order chi connectivity index (χ0) is 17.0. The van der Waals surface area contributed by atoms with Crippen LogP contribution in [0.4, 0.5) is 0 Å². The van der Waals surface area contributed by atoms with Crippen molar-refractivity contribution in [3.8, 4) is 0 Å². The first kappa shape index (κ1) is 21.7. The maximum atomic E-state index is 5.80. The maximum Gasteiger partial charge on any atom is 0.191 e. The van der Waals surface area contributed by atoms with Crippen molar-refractivity contribution in [2.45, 2.75) is 26.2 Å². The standard InChI is InChI=1S/C19H25ClN4.HI/c1-2-21-19(22-13-6-9-16-7-4-3-5-8-16)23-14-12-17-10-11-18(20)24-15-17;/h3-5,7-8,10-11,15H,2,6,9,12-14H2,1H3,(H2,21,22,23);1H. The highest BCUT2D eigenvalue weighted by Gasteiger charge is 1.99. The molecule has 1 aromatic carbocycles. The Morgan fingerprint density at radius 1 is 1.04 bits per heavy atom. The van der Waals surface area contributed by atoms with Crippen molar-refractivity contribution in [1.82, 2.24) is 15.6 Å². The van der Waals surface area contributed by atoms with Crippen LogP contribution in [0.5, 0.6) is 0 Å². The number of aliphatic imine (C=N–C) groups is 1. The van der Waals surface area contributed by atoms with E-state index in [9.17, 15) is 0 Å². The molecule has 0 bridgehead atoms. The zero-order valence-corrected chi connectivity index (χ0v) is 17.6. The summed E-state index contributed by atoms with van der Waals surface area (Å²) in [5.74, 6) is 0.868. The van der Waals surface area contributed by atoms with Crippen LogP contribution in [0.2, 0.25) is 5.15 Å². The van der Waals surface area contributed by atoms with Gasteiger partial charge < -0.3 is 10.6 Å². The van der Waals surface area contributed by atoms with Crippen LogP contribution < -0.4 is 10.6 Å². The van der Waals surface area contributed by atoms with Gasteiger partial charge in [0.05, 0.1) is 0 Å². The Hall–Kier alpha value is -1.34. The Labute approximate surface area is 172 Å². The minimum atomic E-state index is 0. The fraction of sp³-hybridized carbons (Fsp3) is 0.368. The molecule has 2 N–H and O–H groups in total. The Balaban J connectivity index is 0.00000312. The lowest BCUT2D eigenvalue weighted by Gasteiger charge is -2.11. The number of nitrogens with one attached hydrogen (secondary N) is 2. The highest BCUT2D eigenvalue weighted by molar-refractivity contribution is 14.0. The molecule has 0 fully saturated rings. The predicted molar refractivity (Wildman–Crippen MR) is 117 cm³/mol. The van der Waals surface area contributed by atoms with Crippen molar-refractivity contribution in [3.05, 3.63) is 64.9 Å². The van der Waals surface area contributed by atoms with Gasteiger partial charge in [-0.25, -0.2) is 4.98 Å². The van der Waals surface area contributed by atoms with Gasteiger partial charge in [0.1, 0.15) is 5.15 Å². The van der Waals surface area contributed by atoms with E-state index in [1.54, 1.807) is 0 Å². The molecule has 136 valence electrons. The SMILES string of the molecule is CCNC(=NCCCc1ccccc1)NCCc1ccc(Cl)nc1.I. The number of hydrogen-bond donors (Lipinski definition) is 2. The number of pyridine rings is 1. The monoisotopic (exact) mass is 472 g/mol. The molecule has 0 aliphatic carbocycles. The lowest BCUT2D eigenvalue weighted by molar-refractivity contribution is 0.776. The summed E-state index contributed by atoms with van der Waals surface area (Å²) in [5.41, 5.74) is 2.52. The third-order valence-electron chi connectivity index (χ3n) is 3.58. The first-order valence-electron chi connectivity index (χ1n) is 8.44. The minimum absolute atomic E-state index is 0. The molecule has 2 aromatic rings. The molecule has 0 aliphatic rings. The van der Waals surface area contributed by atoms with Gasteiger partial charge in [-0.15, -0.1) is 24.0 Å². The fourth-order valence-corrected chi connectivity index (χ4v) is 2.45. The Morgan fingerprint density at radius 3 is 2.52 bits per heavy atom. The number of nitrogens with zero attached hydrogens (tertiary/aromatic N) is 2. The van der Waals surface area contributed by atoms with Crippen LogP contribution in [0.25, 0.3) is 0 Å².